The largest absolute Gasteiger partial charge is 0.508 e. The number of phenols is 1. The number of hydrogen-bond donors (Lipinski definition) is 2. The van der Waals surface area contributed by atoms with Crippen LogP contribution in [0.4, 0.5) is 10.3 Å². The fourth-order valence-electron chi connectivity index (χ4n) is 7.68. The molecule has 0 aliphatic carbocycles. The zero-order valence-corrected chi connectivity index (χ0v) is 22.8. The van der Waals surface area contributed by atoms with E-state index in [1.54, 1.807) is 24.5 Å². The molecule has 0 spiro atoms. The molecule has 0 amide bonds. The van der Waals surface area contributed by atoms with Crippen molar-refractivity contribution in [3.8, 4) is 24.0 Å². The van der Waals surface area contributed by atoms with Crippen LogP contribution in [0.25, 0.3) is 21.9 Å². The van der Waals surface area contributed by atoms with Crippen LogP contribution in [0, 0.1) is 18.2 Å². The number of anilines is 1. The normalized spacial score (nSPS) is 23.1. The first-order valence-electron chi connectivity index (χ1n) is 14.5. The average Bonchev–Trinajstić information content (AvgIpc) is 3.79. The van der Waals surface area contributed by atoms with Crippen LogP contribution in [-0.2, 0) is 6.54 Å². The van der Waals surface area contributed by atoms with Crippen molar-refractivity contribution in [3.63, 3.8) is 0 Å². The number of nitrogens with one attached hydrogen (secondary N) is 1. The van der Waals surface area contributed by atoms with Gasteiger partial charge in [-0.05, 0) is 74.3 Å². The molecule has 2 bridgehead atoms. The van der Waals surface area contributed by atoms with Gasteiger partial charge in [0.15, 0.2) is 11.2 Å². The van der Waals surface area contributed by atoms with Crippen molar-refractivity contribution >= 4 is 27.9 Å². The molecule has 0 unspecified atom stereocenters. The molecule has 2 aromatic heterocycles. The Bertz CT molecular complexity index is 1720. The van der Waals surface area contributed by atoms with Crippen LogP contribution < -0.4 is 15.0 Å². The van der Waals surface area contributed by atoms with Crippen molar-refractivity contribution in [2.24, 2.45) is 0 Å². The van der Waals surface area contributed by atoms with Crippen molar-refractivity contribution in [1.82, 2.24) is 29.7 Å². The maximum atomic E-state index is 14.7. The topological polar surface area (TPSA) is 91.6 Å². The van der Waals surface area contributed by atoms with E-state index in [0.717, 1.165) is 45.4 Å². The van der Waals surface area contributed by atoms with E-state index in [0.29, 0.717) is 64.6 Å². The minimum atomic E-state index is -0.465. The molecule has 6 heterocycles. The Morgan fingerprint density at radius 2 is 2.05 bits per heavy atom. The summed E-state index contributed by atoms with van der Waals surface area (Å²) in [5.74, 6) is 3.27. The molecule has 2 aromatic carbocycles. The lowest BCUT2D eigenvalue weighted by Crippen LogP contribution is -2.44. The summed E-state index contributed by atoms with van der Waals surface area (Å²) in [6.07, 6.45) is 13.2. The third kappa shape index (κ3) is 3.94. The molecule has 10 heteroatoms. The van der Waals surface area contributed by atoms with E-state index in [4.69, 9.17) is 26.1 Å². The van der Waals surface area contributed by atoms with Crippen LogP contribution in [0.3, 0.4) is 0 Å². The van der Waals surface area contributed by atoms with Gasteiger partial charge in [-0.2, -0.15) is 9.97 Å². The van der Waals surface area contributed by atoms with E-state index < -0.39 is 5.82 Å². The Balaban J connectivity index is 1.22. The second-order valence-electron chi connectivity index (χ2n) is 12.0. The number of nitrogens with zero attached hydrogens (tertiary/aromatic N) is 6. The summed E-state index contributed by atoms with van der Waals surface area (Å²) >= 11 is 0. The summed E-state index contributed by atoms with van der Waals surface area (Å²) in [4.78, 5) is 19.5. The van der Waals surface area contributed by atoms with Gasteiger partial charge in [-0.3, -0.25) is 4.90 Å². The number of piperazine rings is 1. The number of imidazole rings is 1. The highest BCUT2D eigenvalue weighted by molar-refractivity contribution is 5.92. The SMILES string of the molecule is C#Cc1c(F)ccc2cc(O)cc(Cn3cnc4c(OCC56CCCN5CCC6)nc(N5C[C@@H]6C[C@H]5CN6)nc43)c12. The second-order valence-corrected chi connectivity index (χ2v) is 12.0. The molecular weight excluding hydrogens is 521 g/mol. The number of fused-ring (bicyclic) bond motifs is 5. The van der Waals surface area contributed by atoms with Crippen LogP contribution in [0.1, 0.15) is 43.2 Å². The minimum Gasteiger partial charge on any atom is -0.508 e. The molecule has 0 radical (unpaired) electrons. The lowest BCUT2D eigenvalue weighted by molar-refractivity contribution is 0.111. The summed E-state index contributed by atoms with van der Waals surface area (Å²) in [6, 6.07) is 6.99. The molecule has 4 fully saturated rings. The molecule has 9 nitrogen and oxygen atoms in total. The monoisotopic (exact) mass is 553 g/mol. The standard InChI is InChI=1S/C31H32FN7O2/c1-2-24-25(32)6-5-19-11-23(40)12-20(26(19)24)15-37-18-34-27-28(37)35-30(39-16-21-13-22(39)14-33-21)36-29(27)41-17-31-7-3-9-38(31)10-4-8-31/h1,5-6,11-12,18,21-22,33,40H,3-4,7-10,13-17H2/t21-,22-/m0/s1. The highest BCUT2D eigenvalue weighted by Crippen LogP contribution is 2.40. The molecule has 41 heavy (non-hydrogen) atoms. The van der Waals surface area contributed by atoms with E-state index in [9.17, 15) is 9.50 Å². The number of aromatic nitrogens is 4. The van der Waals surface area contributed by atoms with Crippen molar-refractivity contribution < 1.29 is 14.2 Å². The molecule has 210 valence electrons. The molecule has 8 rings (SSSR count). The number of phenolic OH excluding ortho intramolecular Hbond substituents is 1. The van der Waals surface area contributed by atoms with Crippen LogP contribution >= 0.6 is 0 Å². The maximum Gasteiger partial charge on any atom is 0.247 e. The molecule has 0 saturated carbocycles. The van der Waals surface area contributed by atoms with Crippen LogP contribution in [0.5, 0.6) is 11.6 Å². The average molecular weight is 554 g/mol. The Hall–Kier alpha value is -3.94. The molecule has 2 N–H and O–H groups in total. The smallest absolute Gasteiger partial charge is 0.247 e. The lowest BCUT2D eigenvalue weighted by Gasteiger charge is -2.32. The highest BCUT2D eigenvalue weighted by atomic mass is 19.1. The summed E-state index contributed by atoms with van der Waals surface area (Å²) < 4.78 is 23.2. The van der Waals surface area contributed by atoms with Crippen LogP contribution in [0.2, 0.25) is 0 Å². The zero-order chi connectivity index (χ0) is 27.7. The molecule has 4 aliphatic rings. The van der Waals surface area contributed by atoms with Crippen molar-refractivity contribution in [2.45, 2.75) is 56.3 Å². The maximum absolute atomic E-state index is 14.7. The van der Waals surface area contributed by atoms with E-state index >= 15 is 0 Å². The number of ether oxygens (including phenoxy) is 1. The van der Waals surface area contributed by atoms with Gasteiger partial charge in [0, 0.05) is 30.6 Å². The first-order valence-corrected chi connectivity index (χ1v) is 14.5. The van der Waals surface area contributed by atoms with Gasteiger partial charge >= 0.3 is 0 Å². The highest BCUT2D eigenvalue weighted by Gasteiger charge is 2.45. The number of benzene rings is 2. The first kappa shape index (κ1) is 24.8. The second kappa shape index (κ2) is 9.29. The van der Waals surface area contributed by atoms with Gasteiger partial charge in [-0.15, -0.1) is 6.42 Å². The molecule has 4 aromatic rings. The van der Waals surface area contributed by atoms with Gasteiger partial charge in [0.05, 0.1) is 24.0 Å². The summed E-state index contributed by atoms with van der Waals surface area (Å²) in [7, 11) is 0. The van der Waals surface area contributed by atoms with Crippen LogP contribution in [-0.4, -0.2) is 79.9 Å². The van der Waals surface area contributed by atoms with Gasteiger partial charge < -0.3 is 24.6 Å². The third-order valence-electron chi connectivity index (χ3n) is 9.64. The Morgan fingerprint density at radius 1 is 1.20 bits per heavy atom. The van der Waals surface area contributed by atoms with E-state index in [2.05, 4.69) is 21.0 Å². The van der Waals surface area contributed by atoms with Gasteiger partial charge in [-0.25, -0.2) is 9.37 Å². The lowest BCUT2D eigenvalue weighted by atomic mass is 9.95. The Kier molecular flexibility index (Phi) is 5.63. The molecule has 4 aliphatic heterocycles. The van der Waals surface area contributed by atoms with Crippen LogP contribution in [0.15, 0.2) is 30.6 Å². The van der Waals surface area contributed by atoms with Gasteiger partial charge in [-0.1, -0.05) is 12.0 Å². The Labute approximate surface area is 237 Å². The van der Waals surface area contributed by atoms with E-state index in [1.807, 2.05) is 4.57 Å². The van der Waals surface area contributed by atoms with Gasteiger partial charge in [0.2, 0.25) is 11.8 Å². The first-order chi connectivity index (χ1) is 20.0. The summed E-state index contributed by atoms with van der Waals surface area (Å²) in [5.41, 5.74) is 2.18. The Morgan fingerprint density at radius 3 is 2.80 bits per heavy atom. The van der Waals surface area contributed by atoms with Gasteiger partial charge in [0.1, 0.15) is 18.2 Å². The third-order valence-corrected chi connectivity index (χ3v) is 9.64. The fraction of sp³-hybridized carbons (Fsp3) is 0.452. The van der Waals surface area contributed by atoms with Gasteiger partial charge in [0.25, 0.3) is 0 Å². The molecule has 2 atom stereocenters. The number of terminal acetylenes is 1. The van der Waals surface area contributed by atoms with Crippen molar-refractivity contribution in [3.05, 3.63) is 47.5 Å². The number of rotatable bonds is 6. The number of aromatic hydroxyl groups is 1. The fourth-order valence-corrected chi connectivity index (χ4v) is 7.68. The minimum absolute atomic E-state index is 0.0762. The predicted molar refractivity (Wildman–Crippen MR) is 154 cm³/mol. The molecular formula is C31H32FN7O2. The predicted octanol–water partition coefficient (Wildman–Crippen LogP) is 3.41. The van der Waals surface area contributed by atoms with E-state index in [1.165, 1.54) is 18.9 Å². The van der Waals surface area contributed by atoms with Crippen molar-refractivity contribution in [1.29, 1.82) is 0 Å². The summed E-state index contributed by atoms with van der Waals surface area (Å²) in [5, 5.41) is 15.3. The number of halogens is 1. The summed E-state index contributed by atoms with van der Waals surface area (Å²) in [6.45, 7) is 4.90. The quantitative estimate of drug-likeness (QED) is 0.351. The number of hydrogen-bond acceptors (Lipinski definition) is 8. The van der Waals surface area contributed by atoms with Crippen molar-refractivity contribution in [2.75, 3.05) is 37.7 Å². The van der Waals surface area contributed by atoms with E-state index in [-0.39, 0.29) is 16.9 Å². The zero-order valence-electron chi connectivity index (χ0n) is 22.8. The molecule has 4 saturated heterocycles.